The summed E-state index contributed by atoms with van der Waals surface area (Å²) in [5.41, 5.74) is -4.90. The lowest BCUT2D eigenvalue weighted by Crippen LogP contribution is -2.65. The van der Waals surface area contributed by atoms with Crippen molar-refractivity contribution in [3.05, 3.63) is 68.5 Å². The SMILES string of the molecule is COC(=O)N[C@H]1[C@@H](C)O[C@@H](O[C@H]2C/C=C(\C)[C@@H]3C=C[C@@H]4[C@@H](O[C@H]5C[C@@H](O[C@H]6CCC(O[C@H]7C[C@@H](O)C(O[C@H]8CC[C@@H](O)[C@H](C)O8)[C@H](C)O7)[C@H](C)O6)[C@@H](OC(C)=O)[C@H](C)O5)[C@@H](C)C[C@H](C)[C@H]4[C@]3(C)C(=O)C3=C(O)C4(CC(C=O)=C[C@@H](O)[C@@H]4/C=C/2C)OC3=O)C[C@]1(C)[N+](=O)[O-]. The van der Waals surface area contributed by atoms with Gasteiger partial charge in [0.05, 0.1) is 86.6 Å². The molecule has 10 rings (SSSR count). The predicted octanol–water partition coefficient (Wildman–Crippen LogP) is 6.36. The van der Waals surface area contributed by atoms with Crippen molar-refractivity contribution in [2.75, 3.05) is 7.11 Å². The Morgan fingerprint density at radius 1 is 0.720 bits per heavy atom. The molecule has 26 nitrogen and oxygen atoms in total. The van der Waals surface area contributed by atoms with Gasteiger partial charge < -0.3 is 87.3 Å². The summed E-state index contributed by atoms with van der Waals surface area (Å²) in [6.45, 7) is 21.0. The molecule has 1 spiro atoms. The topological polar surface area (TPSA) is 341 Å². The van der Waals surface area contributed by atoms with Crippen molar-refractivity contribution < 1.29 is 111 Å². The molecule has 3 unspecified atom stereocenters. The maximum Gasteiger partial charge on any atom is 0.407 e. The van der Waals surface area contributed by atoms with E-state index in [2.05, 4.69) is 19.2 Å². The number of esters is 2. The number of ketones is 1. The summed E-state index contributed by atoms with van der Waals surface area (Å²) in [4.78, 5) is 81.1. The minimum Gasteiger partial charge on any atom is -0.507 e. The number of allylic oxidation sites excluding steroid dienone is 2. The molecule has 0 radical (unpaired) electrons. The molecule has 93 heavy (non-hydrogen) atoms. The van der Waals surface area contributed by atoms with Gasteiger partial charge in [-0.25, -0.2) is 9.59 Å². The number of amides is 1. The average molecular weight is 1310 g/mol. The van der Waals surface area contributed by atoms with Crippen LogP contribution in [-0.2, 0) is 80.8 Å². The molecule has 1 saturated carbocycles. The Balaban J connectivity index is 0.902. The molecule has 5 saturated heterocycles. The molecule has 1 amide bonds. The Kier molecular flexibility index (Phi) is 21.4. The van der Waals surface area contributed by atoms with Crippen LogP contribution in [0.4, 0.5) is 4.79 Å². The molecule has 6 aliphatic heterocycles. The van der Waals surface area contributed by atoms with E-state index < -0.39 is 203 Å². The number of carbonyl (C=O) groups excluding carboxylic acids is 5. The quantitative estimate of drug-likeness (QED) is 0.0240. The molecule has 29 atom stereocenters. The zero-order valence-corrected chi connectivity index (χ0v) is 55.4. The zero-order valence-electron chi connectivity index (χ0n) is 55.4. The second-order valence-corrected chi connectivity index (χ2v) is 28.2. The Morgan fingerprint density at radius 3 is 2.01 bits per heavy atom. The summed E-state index contributed by atoms with van der Waals surface area (Å²) in [5, 5.41) is 61.5. The third-order valence-corrected chi connectivity index (χ3v) is 21.7. The first-order valence-corrected chi connectivity index (χ1v) is 33.1. The highest BCUT2D eigenvalue weighted by Gasteiger charge is 2.65. The second-order valence-electron chi connectivity index (χ2n) is 28.2. The van der Waals surface area contributed by atoms with Crippen LogP contribution in [0.5, 0.6) is 0 Å². The van der Waals surface area contributed by atoms with E-state index in [1.54, 1.807) is 40.7 Å². The molecule has 6 fully saturated rings. The number of nitrogens with one attached hydrogen (secondary N) is 1. The van der Waals surface area contributed by atoms with Gasteiger partial charge in [-0.3, -0.25) is 24.5 Å². The van der Waals surface area contributed by atoms with Crippen molar-refractivity contribution in [2.24, 2.45) is 40.9 Å². The number of carbonyl (C=O) groups is 5. The molecule has 2 bridgehead atoms. The molecular formula is C67H96N2O24. The molecule has 4 aliphatic carbocycles. The van der Waals surface area contributed by atoms with Crippen molar-refractivity contribution in [3.63, 3.8) is 0 Å². The lowest BCUT2D eigenvalue weighted by molar-refractivity contribution is -0.584. The maximum absolute atomic E-state index is 16.2. The molecule has 0 aromatic carbocycles. The number of alkyl carbamates (subject to hydrolysis) is 1. The van der Waals surface area contributed by atoms with Crippen molar-refractivity contribution >= 4 is 30.1 Å². The van der Waals surface area contributed by atoms with Gasteiger partial charge >= 0.3 is 18.0 Å². The zero-order chi connectivity index (χ0) is 67.5. The Bertz CT molecular complexity index is 2960. The van der Waals surface area contributed by atoms with Crippen LogP contribution < -0.4 is 5.32 Å². The predicted molar refractivity (Wildman–Crippen MR) is 325 cm³/mol. The van der Waals surface area contributed by atoms with Crippen molar-refractivity contribution in [1.82, 2.24) is 5.32 Å². The van der Waals surface area contributed by atoms with Crippen molar-refractivity contribution in [3.8, 4) is 0 Å². The van der Waals surface area contributed by atoms with Gasteiger partial charge in [0.2, 0.25) is 5.54 Å². The monoisotopic (exact) mass is 1310 g/mol. The van der Waals surface area contributed by atoms with Gasteiger partial charge in [-0.15, -0.1) is 0 Å². The number of hydrogen-bond donors (Lipinski definition) is 5. The number of methoxy groups -OCH3 is 1. The summed E-state index contributed by atoms with van der Waals surface area (Å²) in [6, 6.07) is -1.12. The number of ether oxygens (including phenoxy) is 13. The summed E-state index contributed by atoms with van der Waals surface area (Å²) in [5.74, 6) is -6.55. The number of nitrogens with zero attached hydrogens (tertiary/aromatic N) is 1. The summed E-state index contributed by atoms with van der Waals surface area (Å²) in [7, 11) is 1.15. The van der Waals surface area contributed by atoms with E-state index in [4.69, 9.17) is 61.6 Å². The number of nitro groups is 1. The highest BCUT2D eigenvalue weighted by atomic mass is 16.8. The molecule has 5 N–H and O–H groups in total. The minimum atomic E-state index is -2.13. The standard InChI is InChI=1S/C67H96N2O24/c1-30-14-18-47(88-54-28-65(11,69(79)80)60(38(9)86-54)68-64(78)81-13)31(2)23-43-45(73)24-40(29-70)27-67(43)62(76)55(63(77)93-67)61(75)66(12)42(30)16-15-41-56(66)32(3)22-33(4)57(41)92-53-26-49(59(37(8)85-53)87-39(10)71)90-50-21-19-48(35(6)83-50)89-52-25-46(74)58(36(7)84-52)91-51-20-17-44(72)34(5)82-51/h14-16,23-24,29,32-38,41-54,56-60,72-74,76H,17-22,25-28H2,1-13H3,(H,68,78)/b30-14+,31-23+/t32-,33-,34-,35-,36-,37-,38+,41-,42-,43-,44+,45+,46+,47-,48?,49+,50-,51-,52-,53-,54-,56+,57-,58?,59-,60-,65-,66+,67?/m0/s1. The lowest BCUT2D eigenvalue weighted by Gasteiger charge is -2.56. The van der Waals surface area contributed by atoms with Gasteiger partial charge in [0, 0.05) is 68.1 Å². The van der Waals surface area contributed by atoms with E-state index in [1.165, 1.54) is 19.9 Å². The van der Waals surface area contributed by atoms with Gasteiger partial charge in [0.1, 0.15) is 30.1 Å². The number of aliphatic hydroxyl groups excluding tert-OH is 4. The molecule has 6 heterocycles. The van der Waals surface area contributed by atoms with E-state index >= 15 is 4.79 Å². The Hall–Kier alpha value is -5.07. The molecule has 0 aromatic rings. The lowest BCUT2D eigenvalue weighted by atomic mass is 9.48. The van der Waals surface area contributed by atoms with E-state index in [-0.39, 0.29) is 49.5 Å². The van der Waals surface area contributed by atoms with Crippen molar-refractivity contribution in [1.29, 1.82) is 0 Å². The number of rotatable bonds is 14. The van der Waals surface area contributed by atoms with E-state index in [1.807, 2.05) is 39.0 Å². The van der Waals surface area contributed by atoms with Crippen LogP contribution >= 0.6 is 0 Å². The fourth-order valence-electron chi connectivity index (χ4n) is 16.9. The molecule has 518 valence electrons. The second kappa shape index (κ2) is 28.2. The molecular weight excluding hydrogens is 1220 g/mol. The van der Waals surface area contributed by atoms with Crippen LogP contribution in [-0.4, -0.2) is 197 Å². The van der Waals surface area contributed by atoms with Gasteiger partial charge in [0.25, 0.3) is 0 Å². The fourth-order valence-corrected chi connectivity index (χ4v) is 16.9. The van der Waals surface area contributed by atoms with E-state index in [0.29, 0.717) is 49.5 Å². The first-order valence-electron chi connectivity index (χ1n) is 33.1. The average Bonchev–Trinajstić information content (AvgIpc) is 1.68. The number of Topliss-reactive ketones (excluding diaryl/α,β-unsaturated/α-hetero) is 1. The molecule has 26 heteroatoms. The van der Waals surface area contributed by atoms with Gasteiger partial charge in [-0.05, 0) is 109 Å². The van der Waals surface area contributed by atoms with Gasteiger partial charge in [-0.2, -0.15) is 0 Å². The van der Waals surface area contributed by atoms with Crippen LogP contribution in [0.3, 0.4) is 0 Å². The van der Waals surface area contributed by atoms with Crippen molar-refractivity contribution in [2.45, 2.75) is 281 Å². The summed E-state index contributed by atoms with van der Waals surface area (Å²) < 4.78 is 81.5. The first-order chi connectivity index (χ1) is 43.9. The maximum atomic E-state index is 16.2. The van der Waals surface area contributed by atoms with E-state index in [9.17, 15) is 49.7 Å². The Labute approximate surface area is 542 Å². The number of aliphatic hydroxyl groups is 4. The largest absolute Gasteiger partial charge is 0.507 e. The summed E-state index contributed by atoms with van der Waals surface area (Å²) >= 11 is 0. The first kappa shape index (κ1) is 70.7. The van der Waals surface area contributed by atoms with Crippen LogP contribution in [0, 0.1) is 51.0 Å². The fraction of sp³-hybridized carbons (Fsp3) is 0.776. The smallest absolute Gasteiger partial charge is 0.407 e. The third-order valence-electron chi connectivity index (χ3n) is 21.7. The molecule has 0 aromatic heterocycles. The van der Waals surface area contributed by atoms with Gasteiger partial charge in [0.15, 0.2) is 54.7 Å². The number of aldehydes is 1. The van der Waals surface area contributed by atoms with Crippen LogP contribution in [0.2, 0.25) is 0 Å². The van der Waals surface area contributed by atoms with Crippen LogP contribution in [0.15, 0.2) is 58.4 Å². The van der Waals surface area contributed by atoms with Crippen LogP contribution in [0.25, 0.3) is 0 Å². The Morgan fingerprint density at radius 2 is 1.35 bits per heavy atom. The highest BCUT2D eigenvalue weighted by Crippen LogP contribution is 2.60. The number of hydrogen-bond acceptors (Lipinski definition) is 24. The summed E-state index contributed by atoms with van der Waals surface area (Å²) in [6.07, 6.45) is -4.20. The van der Waals surface area contributed by atoms with Gasteiger partial charge in [-0.1, -0.05) is 50.6 Å². The third kappa shape index (κ3) is 14.0. The van der Waals surface area contributed by atoms with Crippen LogP contribution in [0.1, 0.15) is 147 Å². The normalized spacial score (nSPS) is 47.4. The molecule has 10 aliphatic rings. The minimum absolute atomic E-state index is 0.0176. The van der Waals surface area contributed by atoms with E-state index in [0.717, 1.165) is 7.11 Å². The highest BCUT2D eigenvalue weighted by molar-refractivity contribution is 6.21. The number of fused-ring (bicyclic) bond motifs is 3.